The molecule has 1 aliphatic heterocycles. The molecule has 1 unspecified atom stereocenters. The van der Waals surface area contributed by atoms with Gasteiger partial charge in [0.05, 0.1) is 11.0 Å². The molecule has 1 atom stereocenters. The van der Waals surface area contributed by atoms with Gasteiger partial charge in [-0.3, -0.25) is 24.0 Å². The molecule has 7 nitrogen and oxygen atoms in total. The Balaban J connectivity index is 2.14. The predicted molar refractivity (Wildman–Crippen MR) is 82.8 cm³/mol. The predicted octanol–water partition coefficient (Wildman–Crippen LogP) is 0.749. The lowest BCUT2D eigenvalue weighted by Crippen LogP contribution is -2.44. The van der Waals surface area contributed by atoms with Gasteiger partial charge in [0.25, 0.3) is 0 Å². The van der Waals surface area contributed by atoms with E-state index in [4.69, 9.17) is 0 Å². The van der Waals surface area contributed by atoms with Crippen molar-refractivity contribution in [1.29, 1.82) is 0 Å². The van der Waals surface area contributed by atoms with E-state index >= 15 is 0 Å². The van der Waals surface area contributed by atoms with Crippen molar-refractivity contribution in [2.24, 2.45) is 7.05 Å². The summed E-state index contributed by atoms with van der Waals surface area (Å²) in [5.41, 5.74) is 2.13. The van der Waals surface area contributed by atoms with Crippen LogP contribution in [0.15, 0.2) is 23.0 Å². The van der Waals surface area contributed by atoms with Gasteiger partial charge in [0.1, 0.15) is 6.04 Å². The minimum Gasteiger partial charge on any atom is -0.385 e. The highest BCUT2D eigenvalue weighted by Gasteiger charge is 2.31. The number of carbonyl (C=O) groups excluding carboxylic acids is 2. The van der Waals surface area contributed by atoms with Gasteiger partial charge in [0.15, 0.2) is 0 Å². The topological polar surface area (TPSA) is 85.1 Å². The second-order valence-electron chi connectivity index (χ2n) is 5.41. The average molecular weight is 302 g/mol. The first-order chi connectivity index (χ1) is 10.5. The second-order valence-corrected chi connectivity index (χ2v) is 5.41. The quantitative estimate of drug-likeness (QED) is 0.819. The molecule has 2 N–H and O–H groups in total. The Labute approximate surface area is 126 Å². The third-order valence-electron chi connectivity index (χ3n) is 3.99. The van der Waals surface area contributed by atoms with Crippen molar-refractivity contribution in [2.75, 3.05) is 11.9 Å². The molecule has 0 aliphatic carbocycles. The number of fused-ring (bicyclic) bond motifs is 1. The van der Waals surface area contributed by atoms with Crippen molar-refractivity contribution in [3.63, 3.8) is 0 Å². The summed E-state index contributed by atoms with van der Waals surface area (Å²) in [6.45, 7) is 2.78. The summed E-state index contributed by atoms with van der Waals surface area (Å²) >= 11 is 0. The first kappa shape index (κ1) is 14.4. The van der Waals surface area contributed by atoms with Crippen LogP contribution in [0.3, 0.4) is 0 Å². The van der Waals surface area contributed by atoms with Crippen LogP contribution in [0.2, 0.25) is 0 Å². The van der Waals surface area contributed by atoms with Crippen LogP contribution in [-0.2, 0) is 16.6 Å². The van der Waals surface area contributed by atoms with Crippen molar-refractivity contribution in [1.82, 2.24) is 14.5 Å². The fourth-order valence-electron chi connectivity index (χ4n) is 2.91. The van der Waals surface area contributed by atoms with Crippen LogP contribution in [0.25, 0.3) is 11.0 Å². The lowest BCUT2D eigenvalue weighted by molar-refractivity contribution is -0.135. The van der Waals surface area contributed by atoms with E-state index in [0.717, 1.165) is 17.7 Å². The van der Waals surface area contributed by atoms with Gasteiger partial charge in [-0.15, -0.1) is 0 Å². The SMILES string of the molecule is CCNc1ccc2c(c1)n(C)c(=O)n2C1CCC(=O)NC1=O. The summed E-state index contributed by atoms with van der Waals surface area (Å²) in [4.78, 5) is 35.9. The molecule has 1 aromatic carbocycles. The van der Waals surface area contributed by atoms with Crippen molar-refractivity contribution >= 4 is 28.5 Å². The fourth-order valence-corrected chi connectivity index (χ4v) is 2.91. The molecule has 2 heterocycles. The number of imide groups is 1. The zero-order valence-corrected chi connectivity index (χ0v) is 12.5. The molecule has 1 saturated heterocycles. The van der Waals surface area contributed by atoms with Crippen LogP contribution in [0.5, 0.6) is 0 Å². The van der Waals surface area contributed by atoms with Crippen LogP contribution in [0.1, 0.15) is 25.8 Å². The van der Waals surface area contributed by atoms with Crippen molar-refractivity contribution in [2.45, 2.75) is 25.8 Å². The number of hydrogen-bond donors (Lipinski definition) is 2. The molecule has 1 aliphatic rings. The largest absolute Gasteiger partial charge is 0.385 e. The number of aryl methyl sites for hydroxylation is 1. The minimum atomic E-state index is -0.640. The molecule has 2 amide bonds. The van der Waals surface area contributed by atoms with Crippen molar-refractivity contribution in [3.05, 3.63) is 28.7 Å². The maximum atomic E-state index is 12.5. The highest BCUT2D eigenvalue weighted by molar-refractivity contribution is 6.00. The van der Waals surface area contributed by atoms with E-state index in [2.05, 4.69) is 10.6 Å². The van der Waals surface area contributed by atoms with Crippen molar-refractivity contribution in [3.8, 4) is 0 Å². The summed E-state index contributed by atoms with van der Waals surface area (Å²) in [7, 11) is 1.68. The van der Waals surface area contributed by atoms with E-state index in [-0.39, 0.29) is 18.0 Å². The van der Waals surface area contributed by atoms with E-state index in [1.807, 2.05) is 25.1 Å². The first-order valence-electron chi connectivity index (χ1n) is 7.31. The van der Waals surface area contributed by atoms with Gasteiger partial charge in [-0.1, -0.05) is 0 Å². The highest BCUT2D eigenvalue weighted by atomic mass is 16.2. The van der Waals surface area contributed by atoms with Crippen LogP contribution in [0.4, 0.5) is 5.69 Å². The number of carbonyl (C=O) groups is 2. The molecule has 22 heavy (non-hydrogen) atoms. The zero-order chi connectivity index (χ0) is 15.9. The van der Waals surface area contributed by atoms with Gasteiger partial charge in [-0.05, 0) is 31.5 Å². The summed E-state index contributed by atoms with van der Waals surface area (Å²) in [5.74, 6) is -0.703. The fraction of sp³-hybridized carbons (Fsp3) is 0.400. The molecule has 0 saturated carbocycles. The Bertz CT molecular complexity index is 818. The molecule has 1 fully saturated rings. The van der Waals surface area contributed by atoms with Crippen molar-refractivity contribution < 1.29 is 9.59 Å². The highest BCUT2D eigenvalue weighted by Crippen LogP contribution is 2.24. The summed E-state index contributed by atoms with van der Waals surface area (Å²) < 4.78 is 3.01. The zero-order valence-electron chi connectivity index (χ0n) is 12.5. The van der Waals surface area contributed by atoms with E-state index in [1.54, 1.807) is 7.05 Å². The van der Waals surface area contributed by atoms with Crippen LogP contribution in [0, 0.1) is 0 Å². The number of amides is 2. The number of imidazole rings is 1. The second kappa shape index (κ2) is 5.32. The number of nitrogens with zero attached hydrogens (tertiary/aromatic N) is 2. The summed E-state index contributed by atoms with van der Waals surface area (Å²) in [6, 6.07) is 4.97. The van der Waals surface area contributed by atoms with E-state index in [9.17, 15) is 14.4 Å². The number of hydrogen-bond acceptors (Lipinski definition) is 4. The Morgan fingerprint density at radius 3 is 2.73 bits per heavy atom. The Morgan fingerprint density at radius 2 is 2.05 bits per heavy atom. The van der Waals surface area contributed by atoms with Crippen LogP contribution >= 0.6 is 0 Å². The van der Waals surface area contributed by atoms with Gasteiger partial charge in [-0.2, -0.15) is 0 Å². The number of benzene rings is 1. The number of anilines is 1. The lowest BCUT2D eigenvalue weighted by Gasteiger charge is -2.21. The minimum absolute atomic E-state index is 0.245. The van der Waals surface area contributed by atoms with Gasteiger partial charge in [0, 0.05) is 25.7 Å². The first-order valence-corrected chi connectivity index (χ1v) is 7.31. The lowest BCUT2D eigenvalue weighted by atomic mass is 10.1. The smallest absolute Gasteiger partial charge is 0.329 e. The standard InChI is InChI=1S/C15H18N4O3/c1-3-16-9-4-5-10-12(8-9)18(2)15(22)19(10)11-6-7-13(20)17-14(11)21/h4-5,8,11,16H,3,6-7H2,1-2H3,(H,17,20,21). The van der Waals surface area contributed by atoms with E-state index in [0.29, 0.717) is 11.9 Å². The maximum absolute atomic E-state index is 12.5. The molecule has 0 spiro atoms. The molecule has 1 aromatic heterocycles. The normalized spacial score (nSPS) is 18.5. The Kier molecular flexibility index (Phi) is 3.48. The number of rotatable bonds is 3. The summed E-state index contributed by atoms with van der Waals surface area (Å²) in [6.07, 6.45) is 0.591. The Hall–Kier alpha value is -2.57. The average Bonchev–Trinajstić information content (AvgIpc) is 2.72. The maximum Gasteiger partial charge on any atom is 0.329 e. The summed E-state index contributed by atoms with van der Waals surface area (Å²) in [5, 5.41) is 5.50. The molecule has 0 bridgehead atoms. The molecule has 3 rings (SSSR count). The molecular weight excluding hydrogens is 284 g/mol. The monoisotopic (exact) mass is 302 g/mol. The van der Waals surface area contributed by atoms with Gasteiger partial charge in [0.2, 0.25) is 11.8 Å². The van der Waals surface area contributed by atoms with Gasteiger partial charge in [-0.25, -0.2) is 4.79 Å². The Morgan fingerprint density at radius 1 is 1.27 bits per heavy atom. The molecule has 0 radical (unpaired) electrons. The molecular formula is C15H18N4O3. The third-order valence-corrected chi connectivity index (χ3v) is 3.99. The number of piperidine rings is 1. The van der Waals surface area contributed by atoms with Gasteiger partial charge >= 0.3 is 5.69 Å². The molecule has 116 valence electrons. The molecule has 7 heteroatoms. The van der Waals surface area contributed by atoms with Gasteiger partial charge < -0.3 is 5.32 Å². The number of aromatic nitrogens is 2. The third kappa shape index (κ3) is 2.18. The van der Waals surface area contributed by atoms with Crippen LogP contribution < -0.4 is 16.3 Å². The van der Waals surface area contributed by atoms with E-state index in [1.165, 1.54) is 9.13 Å². The number of nitrogens with one attached hydrogen (secondary N) is 2. The van der Waals surface area contributed by atoms with E-state index < -0.39 is 11.9 Å². The van der Waals surface area contributed by atoms with Crippen LogP contribution in [-0.4, -0.2) is 27.5 Å². The molecule has 2 aromatic rings.